The van der Waals surface area contributed by atoms with Gasteiger partial charge in [-0.2, -0.15) is 4.68 Å². The molecule has 5 rings (SSSR count). The van der Waals surface area contributed by atoms with Crippen LogP contribution in [0.25, 0.3) is 10.9 Å². The van der Waals surface area contributed by atoms with Crippen molar-refractivity contribution in [3.8, 4) is 0 Å². The van der Waals surface area contributed by atoms with Crippen LogP contribution >= 0.6 is 0 Å². The predicted molar refractivity (Wildman–Crippen MR) is 115 cm³/mol. The quantitative estimate of drug-likeness (QED) is 0.488. The zero-order valence-electron chi connectivity index (χ0n) is 16.9. The van der Waals surface area contributed by atoms with Gasteiger partial charge in [0, 0.05) is 34.0 Å². The molecule has 1 aliphatic rings. The van der Waals surface area contributed by atoms with Gasteiger partial charge in [-0.15, -0.1) is 0 Å². The molecule has 1 amide bonds. The number of nitrogens with zero attached hydrogens (tertiary/aromatic N) is 4. The normalized spacial score (nSPS) is 15.8. The number of amides is 1. The van der Waals surface area contributed by atoms with Gasteiger partial charge in [0.2, 0.25) is 5.95 Å². The number of aryl methyl sites for hydroxylation is 1. The molecule has 0 saturated carbocycles. The molecule has 0 unspecified atom stereocenters. The fourth-order valence-electron chi connectivity index (χ4n) is 3.99. The van der Waals surface area contributed by atoms with E-state index < -0.39 is 6.04 Å². The number of para-hydroxylation sites is 1. The van der Waals surface area contributed by atoms with Gasteiger partial charge in [0.15, 0.2) is 0 Å². The zero-order chi connectivity index (χ0) is 20.8. The Labute approximate surface area is 173 Å². The SMILES string of the molecule is CC1=C(C(=O)Nc2cccc(C)c2C)[C@@H](c2c[nH]c3ccccc23)n2nnnc2N1. The van der Waals surface area contributed by atoms with Crippen molar-refractivity contribution in [3.05, 3.63) is 76.6 Å². The lowest BCUT2D eigenvalue weighted by Crippen LogP contribution is -2.31. The van der Waals surface area contributed by atoms with E-state index in [1.54, 1.807) is 4.68 Å². The third kappa shape index (κ3) is 2.76. The smallest absolute Gasteiger partial charge is 0.255 e. The molecule has 0 saturated heterocycles. The summed E-state index contributed by atoms with van der Waals surface area (Å²) in [4.78, 5) is 16.8. The summed E-state index contributed by atoms with van der Waals surface area (Å²) in [6, 6.07) is 13.4. The fraction of sp³-hybridized carbons (Fsp3) is 0.182. The Morgan fingerprint density at radius 3 is 2.80 bits per heavy atom. The van der Waals surface area contributed by atoms with E-state index in [-0.39, 0.29) is 5.91 Å². The van der Waals surface area contributed by atoms with Crippen LogP contribution < -0.4 is 10.6 Å². The van der Waals surface area contributed by atoms with Crippen LogP contribution in [-0.2, 0) is 4.79 Å². The number of fused-ring (bicyclic) bond motifs is 2. The van der Waals surface area contributed by atoms with Crippen molar-refractivity contribution in [3.63, 3.8) is 0 Å². The molecule has 3 heterocycles. The van der Waals surface area contributed by atoms with Crippen LogP contribution in [0.1, 0.15) is 29.7 Å². The van der Waals surface area contributed by atoms with Crippen molar-refractivity contribution >= 4 is 28.4 Å². The highest BCUT2D eigenvalue weighted by molar-refractivity contribution is 6.07. The molecule has 2 aromatic carbocycles. The minimum atomic E-state index is -0.461. The summed E-state index contributed by atoms with van der Waals surface area (Å²) in [5.74, 6) is 0.316. The minimum absolute atomic E-state index is 0.190. The molecular weight excluding hydrogens is 378 g/mol. The summed E-state index contributed by atoms with van der Waals surface area (Å²) in [6.45, 7) is 5.90. The lowest BCUT2D eigenvalue weighted by molar-refractivity contribution is -0.113. The Balaban J connectivity index is 1.63. The highest BCUT2D eigenvalue weighted by atomic mass is 16.1. The fourth-order valence-corrected chi connectivity index (χ4v) is 3.99. The van der Waals surface area contributed by atoms with Gasteiger partial charge in [0.05, 0.1) is 5.57 Å². The summed E-state index contributed by atoms with van der Waals surface area (Å²) in [6.07, 6.45) is 1.92. The number of rotatable bonds is 3. The van der Waals surface area contributed by atoms with Gasteiger partial charge in [0.25, 0.3) is 5.91 Å². The molecule has 0 bridgehead atoms. The first kappa shape index (κ1) is 18.1. The number of aromatic nitrogens is 5. The van der Waals surface area contributed by atoms with Gasteiger partial charge in [0.1, 0.15) is 6.04 Å². The van der Waals surface area contributed by atoms with Crippen molar-refractivity contribution in [2.75, 3.05) is 10.6 Å². The van der Waals surface area contributed by atoms with Crippen molar-refractivity contribution in [1.29, 1.82) is 0 Å². The molecule has 1 atom stereocenters. The number of tetrazole rings is 1. The third-order valence-electron chi connectivity index (χ3n) is 5.73. The monoisotopic (exact) mass is 399 g/mol. The van der Waals surface area contributed by atoms with Gasteiger partial charge >= 0.3 is 0 Å². The molecule has 2 aromatic heterocycles. The molecular formula is C22H21N7O. The zero-order valence-corrected chi connectivity index (χ0v) is 16.9. The number of hydrogen-bond donors (Lipinski definition) is 3. The van der Waals surface area contributed by atoms with Crippen molar-refractivity contribution in [1.82, 2.24) is 25.2 Å². The maximum Gasteiger partial charge on any atom is 0.255 e. The molecule has 0 aliphatic carbocycles. The molecule has 3 N–H and O–H groups in total. The number of carbonyl (C=O) groups excluding carboxylic acids is 1. The number of anilines is 2. The van der Waals surface area contributed by atoms with E-state index in [4.69, 9.17) is 0 Å². The first-order valence-electron chi connectivity index (χ1n) is 9.74. The lowest BCUT2D eigenvalue weighted by atomic mass is 9.94. The summed E-state index contributed by atoms with van der Waals surface area (Å²) >= 11 is 0. The molecule has 150 valence electrons. The Morgan fingerprint density at radius 1 is 1.10 bits per heavy atom. The summed E-state index contributed by atoms with van der Waals surface area (Å²) in [5.41, 5.74) is 6.17. The number of allylic oxidation sites excluding steroid dienone is 1. The average molecular weight is 399 g/mol. The van der Waals surface area contributed by atoms with Crippen LogP contribution in [0.5, 0.6) is 0 Å². The number of hydrogen-bond acceptors (Lipinski definition) is 5. The second kappa shape index (κ2) is 6.84. The van der Waals surface area contributed by atoms with Crippen LogP contribution in [0.4, 0.5) is 11.6 Å². The molecule has 30 heavy (non-hydrogen) atoms. The van der Waals surface area contributed by atoms with Crippen LogP contribution in [0.15, 0.2) is 59.9 Å². The molecule has 8 heteroatoms. The summed E-state index contributed by atoms with van der Waals surface area (Å²) in [5, 5.41) is 19.3. The van der Waals surface area contributed by atoms with Gasteiger partial charge in [-0.3, -0.25) is 4.79 Å². The van der Waals surface area contributed by atoms with E-state index in [0.717, 1.165) is 39.0 Å². The summed E-state index contributed by atoms with van der Waals surface area (Å²) in [7, 11) is 0. The largest absolute Gasteiger partial charge is 0.361 e. The Hall–Kier alpha value is -3.94. The van der Waals surface area contributed by atoms with Crippen LogP contribution in [0.2, 0.25) is 0 Å². The first-order valence-corrected chi connectivity index (χ1v) is 9.74. The molecule has 4 aromatic rings. The van der Waals surface area contributed by atoms with Gasteiger partial charge in [-0.25, -0.2) is 0 Å². The van der Waals surface area contributed by atoms with E-state index in [9.17, 15) is 4.79 Å². The number of nitrogens with one attached hydrogen (secondary N) is 3. The molecule has 0 radical (unpaired) electrons. The number of carbonyl (C=O) groups is 1. The second-order valence-corrected chi connectivity index (χ2v) is 7.50. The first-order chi connectivity index (χ1) is 14.5. The second-order valence-electron chi connectivity index (χ2n) is 7.50. The van der Waals surface area contributed by atoms with Gasteiger partial charge in [-0.05, 0) is 54.5 Å². The summed E-state index contributed by atoms with van der Waals surface area (Å²) < 4.78 is 1.65. The number of H-pyrrole nitrogens is 1. The topological polar surface area (TPSA) is 101 Å². The molecule has 8 nitrogen and oxygen atoms in total. The van der Waals surface area contributed by atoms with E-state index in [1.807, 2.05) is 69.4 Å². The minimum Gasteiger partial charge on any atom is -0.361 e. The molecule has 1 aliphatic heterocycles. The lowest BCUT2D eigenvalue weighted by Gasteiger charge is -2.27. The maximum atomic E-state index is 13.5. The maximum absolute atomic E-state index is 13.5. The highest BCUT2D eigenvalue weighted by Gasteiger charge is 2.35. The predicted octanol–water partition coefficient (Wildman–Crippen LogP) is 3.70. The van der Waals surface area contributed by atoms with Crippen LogP contribution in [0, 0.1) is 13.8 Å². The van der Waals surface area contributed by atoms with Crippen molar-refractivity contribution in [2.45, 2.75) is 26.8 Å². The van der Waals surface area contributed by atoms with Gasteiger partial charge in [-0.1, -0.05) is 35.4 Å². The Bertz CT molecular complexity index is 1310. The van der Waals surface area contributed by atoms with Crippen LogP contribution in [0.3, 0.4) is 0 Å². The van der Waals surface area contributed by atoms with Crippen molar-refractivity contribution < 1.29 is 4.79 Å². The third-order valence-corrected chi connectivity index (χ3v) is 5.73. The van der Waals surface area contributed by atoms with E-state index in [0.29, 0.717) is 11.5 Å². The highest BCUT2D eigenvalue weighted by Crippen LogP contribution is 2.38. The molecule has 0 fully saturated rings. The van der Waals surface area contributed by atoms with Crippen molar-refractivity contribution in [2.24, 2.45) is 0 Å². The van der Waals surface area contributed by atoms with Crippen LogP contribution in [-0.4, -0.2) is 31.1 Å². The number of aromatic amines is 1. The standard InChI is InChI=1S/C22H21N7O/c1-12-7-6-10-17(13(12)2)25-21(30)19-14(3)24-22-26-27-28-29(22)20(19)16-11-23-18-9-5-4-8-15(16)18/h4-11,20,23H,1-3H3,(H,25,30)(H,24,26,28)/t20-/m1/s1. The van der Waals surface area contributed by atoms with E-state index in [1.165, 1.54) is 0 Å². The van der Waals surface area contributed by atoms with E-state index in [2.05, 4.69) is 31.1 Å². The number of benzene rings is 2. The van der Waals surface area contributed by atoms with E-state index >= 15 is 0 Å². The van der Waals surface area contributed by atoms with Gasteiger partial charge < -0.3 is 15.6 Å². The average Bonchev–Trinajstić information content (AvgIpc) is 3.37. The molecule has 0 spiro atoms. The Kier molecular flexibility index (Phi) is 4.13. The Morgan fingerprint density at radius 2 is 1.93 bits per heavy atom.